The molecule has 0 radical (unpaired) electrons. The van der Waals surface area contributed by atoms with Gasteiger partial charge in [0.2, 0.25) is 0 Å². The molecule has 1 aromatic rings. The summed E-state index contributed by atoms with van der Waals surface area (Å²) in [6, 6.07) is 5.40. The molecule has 0 N–H and O–H groups in total. The lowest BCUT2D eigenvalue weighted by Gasteiger charge is -2.09. The number of halogens is 2. The molecule has 0 aliphatic rings. The zero-order valence-electron chi connectivity index (χ0n) is 7.44. The highest BCUT2D eigenvalue weighted by Gasteiger charge is 2.10. The van der Waals surface area contributed by atoms with Gasteiger partial charge in [0.15, 0.2) is 0 Å². The van der Waals surface area contributed by atoms with Crippen LogP contribution in [0.3, 0.4) is 0 Å². The second kappa shape index (κ2) is 4.00. The number of nitrogens with zero attached hydrogens (tertiary/aromatic N) is 1. The van der Waals surface area contributed by atoms with Crippen molar-refractivity contribution in [2.45, 2.75) is 19.8 Å². The Balaban J connectivity index is 3.38. The van der Waals surface area contributed by atoms with Crippen molar-refractivity contribution >= 4 is 23.2 Å². The van der Waals surface area contributed by atoms with Gasteiger partial charge in [-0.1, -0.05) is 37.0 Å². The van der Waals surface area contributed by atoms with Gasteiger partial charge in [-0.15, -0.1) is 0 Å². The van der Waals surface area contributed by atoms with E-state index in [-0.39, 0.29) is 5.92 Å². The Morgan fingerprint density at radius 1 is 1.31 bits per heavy atom. The molecule has 0 saturated heterocycles. The SMILES string of the molecule is CC(C)c1cc(Cl)cc(C#N)c1Cl. The van der Waals surface area contributed by atoms with E-state index in [1.165, 1.54) is 0 Å². The number of benzene rings is 1. The molecule has 1 rings (SSSR count). The average Bonchev–Trinajstić information content (AvgIpc) is 2.08. The van der Waals surface area contributed by atoms with E-state index in [2.05, 4.69) is 0 Å². The van der Waals surface area contributed by atoms with Crippen LogP contribution in [0.4, 0.5) is 0 Å². The molecule has 1 aromatic carbocycles. The van der Waals surface area contributed by atoms with Crippen LogP contribution in [0.5, 0.6) is 0 Å². The fraction of sp³-hybridized carbons (Fsp3) is 0.300. The largest absolute Gasteiger partial charge is 0.192 e. The maximum absolute atomic E-state index is 8.76. The Morgan fingerprint density at radius 2 is 1.92 bits per heavy atom. The van der Waals surface area contributed by atoms with Crippen molar-refractivity contribution in [3.05, 3.63) is 33.3 Å². The third kappa shape index (κ3) is 2.15. The van der Waals surface area contributed by atoms with Crippen LogP contribution >= 0.6 is 23.2 Å². The first-order chi connectivity index (χ1) is 6.06. The van der Waals surface area contributed by atoms with E-state index < -0.39 is 0 Å². The summed E-state index contributed by atoms with van der Waals surface area (Å²) in [5.74, 6) is 0.276. The van der Waals surface area contributed by atoms with Crippen LogP contribution in [0, 0.1) is 11.3 Å². The Kier molecular flexibility index (Phi) is 3.19. The number of hydrogen-bond donors (Lipinski definition) is 0. The first kappa shape index (κ1) is 10.4. The quantitative estimate of drug-likeness (QED) is 0.693. The van der Waals surface area contributed by atoms with Crippen LogP contribution in [0.1, 0.15) is 30.9 Å². The second-order valence-corrected chi connectivity index (χ2v) is 3.94. The van der Waals surface area contributed by atoms with Crippen molar-refractivity contribution in [1.82, 2.24) is 0 Å². The zero-order valence-corrected chi connectivity index (χ0v) is 8.95. The summed E-state index contributed by atoms with van der Waals surface area (Å²) in [6.45, 7) is 4.03. The summed E-state index contributed by atoms with van der Waals surface area (Å²) in [4.78, 5) is 0. The topological polar surface area (TPSA) is 23.8 Å². The summed E-state index contributed by atoms with van der Waals surface area (Å²) >= 11 is 11.8. The van der Waals surface area contributed by atoms with Crippen LogP contribution < -0.4 is 0 Å². The van der Waals surface area contributed by atoms with E-state index in [1.54, 1.807) is 12.1 Å². The number of rotatable bonds is 1. The normalized spacial score (nSPS) is 10.2. The van der Waals surface area contributed by atoms with Crippen molar-refractivity contribution in [2.24, 2.45) is 0 Å². The molecule has 0 amide bonds. The molecule has 0 aliphatic carbocycles. The Hall–Kier alpha value is -0.710. The highest BCUT2D eigenvalue weighted by Crippen LogP contribution is 2.30. The van der Waals surface area contributed by atoms with Crippen LogP contribution in [0.15, 0.2) is 12.1 Å². The molecule has 1 nitrogen and oxygen atoms in total. The maximum Gasteiger partial charge on any atom is 0.101 e. The molecule has 0 aromatic heterocycles. The summed E-state index contributed by atoms with van der Waals surface area (Å²) in [7, 11) is 0. The van der Waals surface area contributed by atoms with Gasteiger partial charge in [-0.2, -0.15) is 5.26 Å². The fourth-order valence-electron chi connectivity index (χ4n) is 1.11. The highest BCUT2D eigenvalue weighted by molar-refractivity contribution is 6.34. The third-order valence-corrected chi connectivity index (χ3v) is 2.45. The molecule has 0 aliphatic heterocycles. The van der Waals surface area contributed by atoms with Gasteiger partial charge in [0.25, 0.3) is 0 Å². The van der Waals surface area contributed by atoms with Crippen LogP contribution in [0.25, 0.3) is 0 Å². The van der Waals surface area contributed by atoms with E-state index in [1.807, 2.05) is 19.9 Å². The summed E-state index contributed by atoms with van der Waals surface area (Å²) in [5.41, 5.74) is 1.36. The van der Waals surface area contributed by atoms with Gasteiger partial charge in [-0.3, -0.25) is 0 Å². The molecule has 3 heteroatoms. The molecular weight excluding hydrogens is 205 g/mol. The van der Waals surface area contributed by atoms with Gasteiger partial charge in [-0.05, 0) is 23.6 Å². The minimum absolute atomic E-state index is 0.276. The lowest BCUT2D eigenvalue weighted by Crippen LogP contribution is -1.91. The lowest BCUT2D eigenvalue weighted by atomic mass is 10.0. The van der Waals surface area contributed by atoms with Gasteiger partial charge in [-0.25, -0.2) is 0 Å². The van der Waals surface area contributed by atoms with E-state index in [9.17, 15) is 0 Å². The summed E-state index contributed by atoms with van der Waals surface area (Å²) in [6.07, 6.45) is 0. The standard InChI is InChI=1S/C10H9Cl2N/c1-6(2)9-4-8(11)3-7(5-13)10(9)12/h3-4,6H,1-2H3. The smallest absolute Gasteiger partial charge is 0.101 e. The Bertz CT molecular complexity index is 364. The fourth-order valence-corrected chi connectivity index (χ4v) is 1.71. The van der Waals surface area contributed by atoms with Crippen molar-refractivity contribution in [1.29, 1.82) is 5.26 Å². The monoisotopic (exact) mass is 213 g/mol. The van der Waals surface area contributed by atoms with Gasteiger partial charge in [0, 0.05) is 5.02 Å². The average molecular weight is 214 g/mol. The molecule has 0 heterocycles. The molecule has 0 bridgehead atoms. The summed E-state index contributed by atoms with van der Waals surface area (Å²) in [5, 5.41) is 9.83. The van der Waals surface area contributed by atoms with Gasteiger partial charge < -0.3 is 0 Å². The van der Waals surface area contributed by atoms with Gasteiger partial charge >= 0.3 is 0 Å². The van der Waals surface area contributed by atoms with Crippen molar-refractivity contribution in [3.63, 3.8) is 0 Å². The minimum Gasteiger partial charge on any atom is -0.192 e. The van der Waals surface area contributed by atoms with E-state index in [4.69, 9.17) is 28.5 Å². The van der Waals surface area contributed by atoms with Crippen LogP contribution in [-0.4, -0.2) is 0 Å². The van der Waals surface area contributed by atoms with Crippen molar-refractivity contribution in [2.75, 3.05) is 0 Å². The predicted octanol–water partition coefficient (Wildman–Crippen LogP) is 3.99. The van der Waals surface area contributed by atoms with Gasteiger partial charge in [0.05, 0.1) is 10.6 Å². The third-order valence-electron chi connectivity index (χ3n) is 1.81. The predicted molar refractivity (Wildman–Crippen MR) is 55.3 cm³/mol. The van der Waals surface area contributed by atoms with E-state index in [0.717, 1.165) is 5.56 Å². The molecule has 0 spiro atoms. The molecule has 68 valence electrons. The molecule has 13 heavy (non-hydrogen) atoms. The summed E-state index contributed by atoms with van der Waals surface area (Å²) < 4.78 is 0. The molecular formula is C10H9Cl2N. The number of hydrogen-bond acceptors (Lipinski definition) is 1. The van der Waals surface area contributed by atoms with Crippen LogP contribution in [0.2, 0.25) is 10.0 Å². The lowest BCUT2D eigenvalue weighted by molar-refractivity contribution is 0.866. The Morgan fingerprint density at radius 3 is 2.38 bits per heavy atom. The molecule has 0 unspecified atom stereocenters. The first-order valence-corrected chi connectivity index (χ1v) is 4.71. The maximum atomic E-state index is 8.76. The zero-order chi connectivity index (χ0) is 10.0. The molecule has 0 saturated carbocycles. The van der Waals surface area contributed by atoms with Crippen molar-refractivity contribution < 1.29 is 0 Å². The molecule has 0 fully saturated rings. The number of nitriles is 1. The van der Waals surface area contributed by atoms with Crippen molar-refractivity contribution in [3.8, 4) is 6.07 Å². The molecule has 0 atom stereocenters. The highest BCUT2D eigenvalue weighted by atomic mass is 35.5. The van der Waals surface area contributed by atoms with E-state index in [0.29, 0.717) is 15.6 Å². The second-order valence-electron chi connectivity index (χ2n) is 3.12. The van der Waals surface area contributed by atoms with E-state index >= 15 is 0 Å². The van der Waals surface area contributed by atoms with Gasteiger partial charge in [0.1, 0.15) is 6.07 Å². The minimum atomic E-state index is 0.276. The van der Waals surface area contributed by atoms with Crippen LogP contribution in [-0.2, 0) is 0 Å². The Labute approximate surface area is 87.9 Å². The first-order valence-electron chi connectivity index (χ1n) is 3.95.